The first-order valence-electron chi connectivity index (χ1n) is 8.32. The molecule has 2 rings (SSSR count). The van der Waals surface area contributed by atoms with Gasteiger partial charge in [-0.1, -0.05) is 57.4 Å². The molecule has 0 N–H and O–H groups in total. The van der Waals surface area contributed by atoms with Gasteiger partial charge in [-0.25, -0.2) is 0 Å². The van der Waals surface area contributed by atoms with Crippen molar-refractivity contribution in [2.75, 3.05) is 0 Å². The standard InChI is InChI=1S/C21H28/c1-5-7-19(20-10-8-18(6-2)9-11-20)13-15-21(4)14-12-17(3)16-21/h2,8-12,14,17,19H,5,7,13,15-16H2,1,3-4H3. The second-order valence-electron chi connectivity index (χ2n) is 6.99. The van der Waals surface area contributed by atoms with Gasteiger partial charge >= 0.3 is 0 Å². The molecule has 0 heteroatoms. The van der Waals surface area contributed by atoms with E-state index in [1.807, 2.05) is 0 Å². The minimum absolute atomic E-state index is 0.407. The van der Waals surface area contributed by atoms with Crippen molar-refractivity contribution < 1.29 is 0 Å². The molecule has 1 aliphatic carbocycles. The zero-order valence-electron chi connectivity index (χ0n) is 13.7. The lowest BCUT2D eigenvalue weighted by molar-refractivity contribution is 0.326. The van der Waals surface area contributed by atoms with Crippen molar-refractivity contribution in [2.45, 2.75) is 58.8 Å². The molecule has 112 valence electrons. The van der Waals surface area contributed by atoms with E-state index in [1.165, 1.54) is 37.7 Å². The predicted octanol–water partition coefficient (Wildman–Crippen LogP) is 5.93. The van der Waals surface area contributed by atoms with Crippen molar-refractivity contribution in [3.05, 3.63) is 47.5 Å². The van der Waals surface area contributed by atoms with Crippen LogP contribution in [0.1, 0.15) is 69.9 Å². The van der Waals surface area contributed by atoms with Gasteiger partial charge < -0.3 is 0 Å². The Hall–Kier alpha value is -1.48. The molecular weight excluding hydrogens is 252 g/mol. The molecule has 1 aliphatic rings. The van der Waals surface area contributed by atoms with Crippen LogP contribution in [0.25, 0.3) is 0 Å². The summed E-state index contributed by atoms with van der Waals surface area (Å²) in [6.07, 6.45) is 16.7. The molecule has 0 radical (unpaired) electrons. The summed E-state index contributed by atoms with van der Waals surface area (Å²) in [6, 6.07) is 8.62. The first-order valence-corrected chi connectivity index (χ1v) is 8.32. The molecule has 0 aliphatic heterocycles. The fraction of sp³-hybridized carbons (Fsp3) is 0.524. The van der Waals surface area contributed by atoms with E-state index in [-0.39, 0.29) is 0 Å². The van der Waals surface area contributed by atoms with E-state index in [0.29, 0.717) is 11.3 Å². The number of rotatable bonds is 6. The summed E-state index contributed by atoms with van der Waals surface area (Å²) >= 11 is 0. The summed E-state index contributed by atoms with van der Waals surface area (Å²) in [5.74, 6) is 4.12. The van der Waals surface area contributed by atoms with E-state index < -0.39 is 0 Å². The SMILES string of the molecule is C#Cc1ccc(C(CCC)CCC2(C)C=CC(C)C2)cc1. The third kappa shape index (κ3) is 4.24. The van der Waals surface area contributed by atoms with Crippen LogP contribution in [-0.4, -0.2) is 0 Å². The van der Waals surface area contributed by atoms with Gasteiger partial charge in [-0.05, 0) is 60.6 Å². The Morgan fingerprint density at radius 2 is 2.00 bits per heavy atom. The molecule has 0 bridgehead atoms. The molecular formula is C21H28. The molecule has 0 saturated carbocycles. The first kappa shape index (κ1) is 15.9. The van der Waals surface area contributed by atoms with Crippen LogP contribution in [0, 0.1) is 23.7 Å². The van der Waals surface area contributed by atoms with Gasteiger partial charge in [0, 0.05) is 5.56 Å². The highest BCUT2D eigenvalue weighted by atomic mass is 14.3. The van der Waals surface area contributed by atoms with Crippen LogP contribution in [-0.2, 0) is 0 Å². The number of terminal acetylenes is 1. The predicted molar refractivity (Wildman–Crippen MR) is 92.3 cm³/mol. The Bertz CT molecular complexity index is 514. The molecule has 0 fully saturated rings. The van der Waals surface area contributed by atoms with Gasteiger partial charge in [-0.3, -0.25) is 0 Å². The van der Waals surface area contributed by atoms with Crippen molar-refractivity contribution in [1.82, 2.24) is 0 Å². The van der Waals surface area contributed by atoms with Crippen LogP contribution in [0.5, 0.6) is 0 Å². The van der Waals surface area contributed by atoms with E-state index in [1.54, 1.807) is 0 Å². The Morgan fingerprint density at radius 1 is 1.29 bits per heavy atom. The smallest absolute Gasteiger partial charge is 0.0242 e. The maximum atomic E-state index is 5.45. The van der Waals surface area contributed by atoms with Gasteiger partial charge in [0.1, 0.15) is 0 Å². The molecule has 1 aromatic carbocycles. The quantitative estimate of drug-likeness (QED) is 0.447. The van der Waals surface area contributed by atoms with E-state index in [4.69, 9.17) is 6.42 Å². The molecule has 3 unspecified atom stereocenters. The summed E-state index contributed by atoms with van der Waals surface area (Å²) in [6.45, 7) is 7.02. The fourth-order valence-electron chi connectivity index (χ4n) is 3.64. The molecule has 0 heterocycles. The van der Waals surface area contributed by atoms with Crippen molar-refractivity contribution in [3.63, 3.8) is 0 Å². The van der Waals surface area contributed by atoms with Crippen LogP contribution in [0.15, 0.2) is 36.4 Å². The topological polar surface area (TPSA) is 0 Å². The maximum absolute atomic E-state index is 5.45. The summed E-state index contributed by atoms with van der Waals surface area (Å²) < 4.78 is 0. The largest absolute Gasteiger partial charge is 0.115 e. The lowest BCUT2D eigenvalue weighted by Gasteiger charge is -2.26. The molecule has 0 saturated heterocycles. The van der Waals surface area contributed by atoms with Crippen LogP contribution < -0.4 is 0 Å². The Kier molecular flexibility index (Phi) is 5.29. The summed E-state index contributed by atoms with van der Waals surface area (Å²) in [5, 5.41) is 0. The minimum Gasteiger partial charge on any atom is -0.115 e. The number of allylic oxidation sites excluding steroid dienone is 2. The lowest BCUT2D eigenvalue weighted by atomic mass is 9.79. The molecule has 0 aromatic heterocycles. The molecule has 0 nitrogen and oxygen atoms in total. The highest BCUT2D eigenvalue weighted by Gasteiger charge is 2.28. The van der Waals surface area contributed by atoms with E-state index >= 15 is 0 Å². The normalized spacial score (nSPS) is 25.7. The van der Waals surface area contributed by atoms with Gasteiger partial charge in [0.2, 0.25) is 0 Å². The molecule has 3 atom stereocenters. The van der Waals surface area contributed by atoms with Gasteiger partial charge in [0.05, 0.1) is 0 Å². The van der Waals surface area contributed by atoms with Crippen molar-refractivity contribution in [1.29, 1.82) is 0 Å². The highest BCUT2D eigenvalue weighted by molar-refractivity contribution is 5.35. The first-order chi connectivity index (χ1) is 10.1. The van der Waals surface area contributed by atoms with E-state index in [9.17, 15) is 0 Å². The molecule has 0 spiro atoms. The van der Waals surface area contributed by atoms with Gasteiger partial charge in [0.25, 0.3) is 0 Å². The molecule has 21 heavy (non-hydrogen) atoms. The monoisotopic (exact) mass is 280 g/mol. The van der Waals surface area contributed by atoms with Crippen LogP contribution in [0.2, 0.25) is 0 Å². The summed E-state index contributed by atoms with van der Waals surface area (Å²) in [4.78, 5) is 0. The van der Waals surface area contributed by atoms with Crippen LogP contribution >= 0.6 is 0 Å². The summed E-state index contributed by atoms with van der Waals surface area (Å²) in [7, 11) is 0. The molecule has 0 amide bonds. The number of benzene rings is 1. The molecule has 1 aromatic rings. The second-order valence-corrected chi connectivity index (χ2v) is 6.99. The fourth-order valence-corrected chi connectivity index (χ4v) is 3.64. The third-order valence-electron chi connectivity index (χ3n) is 4.87. The Morgan fingerprint density at radius 3 is 2.52 bits per heavy atom. The lowest BCUT2D eigenvalue weighted by Crippen LogP contribution is -2.13. The van der Waals surface area contributed by atoms with Crippen LogP contribution in [0.3, 0.4) is 0 Å². The highest BCUT2D eigenvalue weighted by Crippen LogP contribution is 2.41. The van der Waals surface area contributed by atoms with E-state index in [0.717, 1.165) is 11.5 Å². The average molecular weight is 280 g/mol. The Balaban J connectivity index is 2.02. The van der Waals surface area contributed by atoms with Crippen molar-refractivity contribution in [2.24, 2.45) is 11.3 Å². The third-order valence-corrected chi connectivity index (χ3v) is 4.87. The van der Waals surface area contributed by atoms with Crippen molar-refractivity contribution in [3.8, 4) is 12.3 Å². The van der Waals surface area contributed by atoms with Gasteiger partial charge in [-0.2, -0.15) is 0 Å². The summed E-state index contributed by atoms with van der Waals surface area (Å²) in [5.41, 5.74) is 2.84. The maximum Gasteiger partial charge on any atom is 0.0242 e. The van der Waals surface area contributed by atoms with Crippen LogP contribution in [0.4, 0.5) is 0 Å². The minimum atomic E-state index is 0.407. The van der Waals surface area contributed by atoms with Crippen molar-refractivity contribution >= 4 is 0 Å². The average Bonchev–Trinajstić information content (AvgIpc) is 2.83. The zero-order chi connectivity index (χ0) is 15.3. The Labute approximate surface area is 130 Å². The van der Waals surface area contributed by atoms with Gasteiger partial charge in [0.15, 0.2) is 0 Å². The number of hydrogen-bond acceptors (Lipinski definition) is 0. The number of hydrogen-bond donors (Lipinski definition) is 0. The van der Waals surface area contributed by atoms with E-state index in [2.05, 4.69) is 63.1 Å². The second kappa shape index (κ2) is 6.99. The zero-order valence-corrected chi connectivity index (χ0v) is 13.7. The van der Waals surface area contributed by atoms with Gasteiger partial charge in [-0.15, -0.1) is 6.42 Å².